The summed E-state index contributed by atoms with van der Waals surface area (Å²) in [7, 11) is 0. The molecule has 1 aliphatic rings. The van der Waals surface area contributed by atoms with Gasteiger partial charge in [0.05, 0.1) is 19.8 Å². The summed E-state index contributed by atoms with van der Waals surface area (Å²) in [4.78, 5) is 13.8. The van der Waals surface area contributed by atoms with Crippen LogP contribution in [-0.4, -0.2) is 37.2 Å². The first-order valence-corrected chi connectivity index (χ1v) is 7.83. The van der Waals surface area contributed by atoms with Gasteiger partial charge in [-0.1, -0.05) is 18.5 Å². The summed E-state index contributed by atoms with van der Waals surface area (Å²) in [6.45, 7) is 6.80. The summed E-state index contributed by atoms with van der Waals surface area (Å²) in [6.07, 6.45) is 1.87. The van der Waals surface area contributed by atoms with Gasteiger partial charge in [-0.3, -0.25) is 9.69 Å². The van der Waals surface area contributed by atoms with Gasteiger partial charge in [-0.05, 0) is 37.6 Å². The number of rotatable bonds is 7. The molecule has 0 unspecified atom stereocenters. The van der Waals surface area contributed by atoms with E-state index < -0.39 is 0 Å². The molecule has 2 rings (SSSR count). The van der Waals surface area contributed by atoms with Crippen molar-refractivity contribution in [2.75, 3.05) is 26.3 Å². The minimum Gasteiger partial charge on any atom is -0.493 e. The molecule has 0 aliphatic carbocycles. The van der Waals surface area contributed by atoms with Crippen LogP contribution in [0.3, 0.4) is 0 Å². The molecule has 0 bridgehead atoms. The molecule has 1 aliphatic heterocycles. The fourth-order valence-electron chi connectivity index (χ4n) is 2.62. The molecule has 0 fully saturated rings. The Morgan fingerprint density at radius 3 is 2.95 bits per heavy atom. The second kappa shape index (κ2) is 7.66. The molecule has 21 heavy (non-hydrogen) atoms. The Balaban J connectivity index is 2.11. The molecule has 0 aromatic heterocycles. The average molecular weight is 312 g/mol. The summed E-state index contributed by atoms with van der Waals surface area (Å²) < 4.78 is 10.7. The Morgan fingerprint density at radius 1 is 1.43 bits per heavy atom. The number of fused-ring (bicyclic) bond motifs is 1. The van der Waals surface area contributed by atoms with E-state index in [1.54, 1.807) is 0 Å². The molecule has 0 saturated carbocycles. The van der Waals surface area contributed by atoms with E-state index in [2.05, 4.69) is 11.8 Å². The van der Waals surface area contributed by atoms with Gasteiger partial charge in [-0.2, -0.15) is 0 Å². The van der Waals surface area contributed by atoms with Gasteiger partial charge in [0.25, 0.3) is 0 Å². The SMILES string of the molecule is CCCN(CC(=O)OCC)Cc1cc(Cl)cc2c1OCC2. The fourth-order valence-corrected chi connectivity index (χ4v) is 2.89. The van der Waals surface area contributed by atoms with Crippen LogP contribution in [0.15, 0.2) is 12.1 Å². The van der Waals surface area contributed by atoms with Crippen LogP contribution >= 0.6 is 11.6 Å². The molecule has 5 heteroatoms. The van der Waals surface area contributed by atoms with Gasteiger partial charge in [-0.15, -0.1) is 0 Å². The molecule has 1 heterocycles. The van der Waals surface area contributed by atoms with Gasteiger partial charge in [0.15, 0.2) is 0 Å². The zero-order chi connectivity index (χ0) is 15.2. The van der Waals surface area contributed by atoms with Crippen molar-refractivity contribution in [3.63, 3.8) is 0 Å². The molecular weight excluding hydrogens is 290 g/mol. The third-order valence-corrected chi connectivity index (χ3v) is 3.64. The Labute approximate surface area is 131 Å². The maximum atomic E-state index is 11.7. The van der Waals surface area contributed by atoms with E-state index in [0.717, 1.165) is 41.3 Å². The predicted octanol–water partition coefficient (Wildman–Crippen LogP) is 3.05. The van der Waals surface area contributed by atoms with Crippen LogP contribution in [-0.2, 0) is 22.5 Å². The van der Waals surface area contributed by atoms with Crippen LogP contribution in [0.25, 0.3) is 0 Å². The number of hydrogen-bond acceptors (Lipinski definition) is 4. The number of carbonyl (C=O) groups excluding carboxylic acids is 1. The minimum absolute atomic E-state index is 0.189. The lowest BCUT2D eigenvalue weighted by Gasteiger charge is -2.22. The maximum Gasteiger partial charge on any atom is 0.320 e. The van der Waals surface area contributed by atoms with E-state index >= 15 is 0 Å². The highest BCUT2D eigenvalue weighted by atomic mass is 35.5. The van der Waals surface area contributed by atoms with Crippen LogP contribution in [0.1, 0.15) is 31.4 Å². The van der Waals surface area contributed by atoms with Crippen LogP contribution in [0.5, 0.6) is 5.75 Å². The van der Waals surface area contributed by atoms with E-state index in [1.165, 1.54) is 0 Å². The number of esters is 1. The Kier molecular flexibility index (Phi) is 5.88. The van der Waals surface area contributed by atoms with Crippen molar-refractivity contribution in [3.05, 3.63) is 28.3 Å². The first kappa shape index (κ1) is 16.1. The van der Waals surface area contributed by atoms with Crippen molar-refractivity contribution in [1.29, 1.82) is 0 Å². The molecule has 0 atom stereocenters. The van der Waals surface area contributed by atoms with Crippen molar-refractivity contribution in [2.24, 2.45) is 0 Å². The fraction of sp³-hybridized carbons (Fsp3) is 0.562. The number of nitrogens with zero attached hydrogens (tertiary/aromatic N) is 1. The van der Waals surface area contributed by atoms with E-state index in [0.29, 0.717) is 26.3 Å². The highest BCUT2D eigenvalue weighted by Crippen LogP contribution is 2.33. The molecular formula is C16H22ClNO3. The highest BCUT2D eigenvalue weighted by molar-refractivity contribution is 6.30. The van der Waals surface area contributed by atoms with E-state index in [-0.39, 0.29) is 5.97 Å². The van der Waals surface area contributed by atoms with E-state index in [9.17, 15) is 4.79 Å². The molecule has 4 nitrogen and oxygen atoms in total. The Bertz CT molecular complexity index is 505. The minimum atomic E-state index is -0.189. The third-order valence-electron chi connectivity index (χ3n) is 3.42. The number of ether oxygens (including phenoxy) is 2. The zero-order valence-corrected chi connectivity index (χ0v) is 13.4. The quantitative estimate of drug-likeness (QED) is 0.726. The Hall–Kier alpha value is -1.26. The molecule has 1 aromatic rings. The highest BCUT2D eigenvalue weighted by Gasteiger charge is 2.20. The van der Waals surface area contributed by atoms with Crippen LogP contribution in [0.4, 0.5) is 0 Å². The van der Waals surface area contributed by atoms with E-state index in [4.69, 9.17) is 21.1 Å². The van der Waals surface area contributed by atoms with Gasteiger partial charge in [0.2, 0.25) is 0 Å². The summed E-state index contributed by atoms with van der Waals surface area (Å²) >= 11 is 6.18. The largest absolute Gasteiger partial charge is 0.493 e. The number of benzene rings is 1. The summed E-state index contributed by atoms with van der Waals surface area (Å²) in [5.41, 5.74) is 2.21. The Morgan fingerprint density at radius 2 is 2.24 bits per heavy atom. The number of halogens is 1. The monoisotopic (exact) mass is 311 g/mol. The lowest BCUT2D eigenvalue weighted by molar-refractivity contribution is -0.144. The molecule has 0 saturated heterocycles. The molecule has 0 amide bonds. The van der Waals surface area contributed by atoms with Crippen molar-refractivity contribution in [3.8, 4) is 5.75 Å². The zero-order valence-electron chi connectivity index (χ0n) is 12.7. The van der Waals surface area contributed by atoms with Gasteiger partial charge in [0, 0.05) is 23.6 Å². The van der Waals surface area contributed by atoms with Gasteiger partial charge in [0.1, 0.15) is 5.75 Å². The van der Waals surface area contributed by atoms with Crippen molar-refractivity contribution in [1.82, 2.24) is 4.90 Å². The first-order valence-electron chi connectivity index (χ1n) is 7.46. The number of carbonyl (C=O) groups is 1. The maximum absolute atomic E-state index is 11.7. The second-order valence-corrected chi connectivity index (χ2v) is 5.60. The average Bonchev–Trinajstić information content (AvgIpc) is 2.87. The standard InChI is InChI=1S/C16H22ClNO3/c1-3-6-18(11-15(19)20-4-2)10-13-9-14(17)8-12-5-7-21-16(12)13/h8-9H,3-7,10-11H2,1-2H3. The third kappa shape index (κ3) is 4.35. The lowest BCUT2D eigenvalue weighted by atomic mass is 10.1. The van der Waals surface area contributed by atoms with Crippen molar-refractivity contribution >= 4 is 17.6 Å². The van der Waals surface area contributed by atoms with Gasteiger partial charge < -0.3 is 9.47 Å². The smallest absolute Gasteiger partial charge is 0.320 e. The predicted molar refractivity (Wildman–Crippen MR) is 82.9 cm³/mol. The van der Waals surface area contributed by atoms with Crippen LogP contribution in [0.2, 0.25) is 5.02 Å². The van der Waals surface area contributed by atoms with Gasteiger partial charge >= 0.3 is 5.97 Å². The summed E-state index contributed by atoms with van der Waals surface area (Å²) in [5, 5.41) is 0.724. The van der Waals surface area contributed by atoms with Crippen LogP contribution < -0.4 is 4.74 Å². The van der Waals surface area contributed by atoms with Gasteiger partial charge in [-0.25, -0.2) is 0 Å². The summed E-state index contributed by atoms with van der Waals surface area (Å²) in [6, 6.07) is 3.89. The van der Waals surface area contributed by atoms with Crippen molar-refractivity contribution < 1.29 is 14.3 Å². The molecule has 0 N–H and O–H groups in total. The van der Waals surface area contributed by atoms with E-state index in [1.807, 2.05) is 19.1 Å². The number of hydrogen-bond donors (Lipinski definition) is 0. The van der Waals surface area contributed by atoms with Crippen molar-refractivity contribution in [2.45, 2.75) is 33.2 Å². The van der Waals surface area contributed by atoms with Crippen LogP contribution in [0, 0.1) is 0 Å². The topological polar surface area (TPSA) is 38.8 Å². The first-order chi connectivity index (χ1) is 10.1. The normalized spacial score (nSPS) is 13.1. The molecule has 1 aromatic carbocycles. The molecule has 0 spiro atoms. The summed E-state index contributed by atoms with van der Waals surface area (Å²) in [5.74, 6) is 0.745. The second-order valence-electron chi connectivity index (χ2n) is 5.17. The lowest BCUT2D eigenvalue weighted by Crippen LogP contribution is -2.31. The molecule has 0 radical (unpaired) electrons. The molecule has 116 valence electrons.